The second-order valence-corrected chi connectivity index (χ2v) is 5.70. The van der Waals surface area contributed by atoms with E-state index >= 15 is 0 Å². The van der Waals surface area contributed by atoms with Crippen molar-refractivity contribution < 1.29 is 14.6 Å². The summed E-state index contributed by atoms with van der Waals surface area (Å²) < 4.78 is 5.05. The molecule has 0 saturated carbocycles. The minimum Gasteiger partial charge on any atom is -0.480 e. The van der Waals surface area contributed by atoms with Crippen LogP contribution in [0.2, 0.25) is 0 Å². The Hall–Kier alpha value is -0.260. The van der Waals surface area contributed by atoms with Crippen LogP contribution in [0.4, 0.5) is 0 Å². The Kier molecular flexibility index (Phi) is 4.43. The third-order valence-electron chi connectivity index (χ3n) is 2.29. The standard InChI is InChI=1S/C10H19NO3S/c1-7(2)11-10(3,9(12)13)6-15-8-4-14-5-8/h7-8,11H,4-6H2,1-3H3,(H,12,13). The van der Waals surface area contributed by atoms with E-state index in [9.17, 15) is 9.90 Å². The van der Waals surface area contributed by atoms with Crippen molar-refractivity contribution in [1.82, 2.24) is 5.32 Å². The number of rotatable bonds is 6. The zero-order valence-electron chi connectivity index (χ0n) is 9.45. The molecule has 5 heteroatoms. The summed E-state index contributed by atoms with van der Waals surface area (Å²) >= 11 is 1.67. The molecule has 1 atom stereocenters. The molecule has 1 saturated heterocycles. The van der Waals surface area contributed by atoms with Crippen LogP contribution in [0, 0.1) is 0 Å². The SMILES string of the molecule is CC(C)NC(C)(CSC1COC1)C(=O)O. The quantitative estimate of drug-likeness (QED) is 0.715. The summed E-state index contributed by atoms with van der Waals surface area (Å²) in [5, 5.41) is 12.7. The van der Waals surface area contributed by atoms with Gasteiger partial charge in [0.05, 0.1) is 18.5 Å². The van der Waals surface area contributed by atoms with Gasteiger partial charge in [-0.3, -0.25) is 10.1 Å². The number of aliphatic carboxylic acids is 1. The van der Waals surface area contributed by atoms with Crippen LogP contribution < -0.4 is 5.32 Å². The van der Waals surface area contributed by atoms with Crippen LogP contribution >= 0.6 is 11.8 Å². The van der Waals surface area contributed by atoms with Gasteiger partial charge >= 0.3 is 5.97 Å². The molecule has 1 aliphatic rings. The molecule has 0 aromatic rings. The van der Waals surface area contributed by atoms with Gasteiger partial charge in [-0.1, -0.05) is 0 Å². The predicted octanol–water partition coefficient (Wildman–Crippen LogP) is 0.960. The van der Waals surface area contributed by atoms with E-state index in [1.807, 2.05) is 13.8 Å². The Balaban J connectivity index is 2.43. The second-order valence-electron chi connectivity index (χ2n) is 4.41. The first-order valence-corrected chi connectivity index (χ1v) is 6.19. The van der Waals surface area contributed by atoms with Gasteiger partial charge in [-0.15, -0.1) is 0 Å². The normalized spacial score (nSPS) is 21.1. The number of thioether (sulfide) groups is 1. The van der Waals surface area contributed by atoms with Gasteiger partial charge in [-0.2, -0.15) is 11.8 Å². The van der Waals surface area contributed by atoms with E-state index in [1.54, 1.807) is 18.7 Å². The highest BCUT2D eigenvalue weighted by Gasteiger charge is 2.35. The number of hydrogen-bond acceptors (Lipinski definition) is 4. The van der Waals surface area contributed by atoms with Crippen LogP contribution in [-0.2, 0) is 9.53 Å². The van der Waals surface area contributed by atoms with Gasteiger partial charge in [0.15, 0.2) is 0 Å². The molecule has 1 fully saturated rings. The van der Waals surface area contributed by atoms with Crippen LogP contribution in [0.15, 0.2) is 0 Å². The zero-order valence-corrected chi connectivity index (χ0v) is 10.3. The van der Waals surface area contributed by atoms with Gasteiger partial charge in [0.2, 0.25) is 0 Å². The molecule has 1 heterocycles. The molecule has 1 aliphatic heterocycles. The van der Waals surface area contributed by atoms with Crippen molar-refractivity contribution >= 4 is 17.7 Å². The fraction of sp³-hybridized carbons (Fsp3) is 0.900. The summed E-state index contributed by atoms with van der Waals surface area (Å²) in [6, 6.07) is 0.171. The Labute approximate surface area is 94.8 Å². The molecular weight excluding hydrogens is 214 g/mol. The van der Waals surface area contributed by atoms with Crippen LogP contribution in [0.25, 0.3) is 0 Å². The van der Waals surface area contributed by atoms with E-state index in [0.29, 0.717) is 11.0 Å². The van der Waals surface area contributed by atoms with Crippen molar-refractivity contribution in [3.63, 3.8) is 0 Å². The van der Waals surface area contributed by atoms with Crippen LogP contribution in [0.5, 0.6) is 0 Å². The largest absolute Gasteiger partial charge is 0.480 e. The van der Waals surface area contributed by atoms with Crippen LogP contribution in [-0.4, -0.2) is 46.9 Å². The van der Waals surface area contributed by atoms with Crippen molar-refractivity contribution in [2.24, 2.45) is 0 Å². The Morgan fingerprint density at radius 1 is 1.67 bits per heavy atom. The van der Waals surface area contributed by atoms with E-state index < -0.39 is 11.5 Å². The lowest BCUT2D eigenvalue weighted by molar-refractivity contribution is -0.143. The summed E-state index contributed by atoms with van der Waals surface area (Å²) in [6.45, 7) is 7.16. The summed E-state index contributed by atoms with van der Waals surface area (Å²) in [4.78, 5) is 11.2. The lowest BCUT2D eigenvalue weighted by Gasteiger charge is -2.32. The maximum Gasteiger partial charge on any atom is 0.324 e. The maximum absolute atomic E-state index is 11.2. The molecule has 0 aliphatic carbocycles. The summed E-state index contributed by atoms with van der Waals surface area (Å²) in [7, 11) is 0. The molecule has 4 nitrogen and oxygen atoms in total. The molecule has 15 heavy (non-hydrogen) atoms. The first-order chi connectivity index (χ1) is 6.94. The van der Waals surface area contributed by atoms with Gasteiger partial charge < -0.3 is 9.84 Å². The maximum atomic E-state index is 11.2. The van der Waals surface area contributed by atoms with Gasteiger partial charge in [0.1, 0.15) is 5.54 Å². The molecule has 0 spiro atoms. The van der Waals surface area contributed by atoms with Crippen LogP contribution in [0.1, 0.15) is 20.8 Å². The number of ether oxygens (including phenoxy) is 1. The van der Waals surface area contributed by atoms with Gasteiger partial charge in [-0.25, -0.2) is 0 Å². The van der Waals surface area contributed by atoms with Crippen LogP contribution in [0.3, 0.4) is 0 Å². The smallest absolute Gasteiger partial charge is 0.324 e. The molecule has 2 N–H and O–H groups in total. The van der Waals surface area contributed by atoms with E-state index in [4.69, 9.17) is 4.74 Å². The first kappa shape index (κ1) is 12.8. The van der Waals surface area contributed by atoms with Crippen molar-refractivity contribution in [3.05, 3.63) is 0 Å². The van der Waals surface area contributed by atoms with Gasteiger partial charge in [0, 0.05) is 11.8 Å². The third kappa shape index (κ3) is 3.66. The monoisotopic (exact) mass is 233 g/mol. The summed E-state index contributed by atoms with van der Waals surface area (Å²) in [5.41, 5.74) is -0.839. The lowest BCUT2D eigenvalue weighted by atomic mass is 10.1. The van der Waals surface area contributed by atoms with Gasteiger partial charge in [0.25, 0.3) is 0 Å². The molecular formula is C10H19NO3S. The highest BCUT2D eigenvalue weighted by Crippen LogP contribution is 2.23. The molecule has 0 radical (unpaired) electrons. The van der Waals surface area contributed by atoms with Crippen molar-refractivity contribution in [2.75, 3.05) is 19.0 Å². The fourth-order valence-electron chi connectivity index (χ4n) is 1.40. The molecule has 88 valence electrons. The molecule has 0 aromatic carbocycles. The Morgan fingerprint density at radius 2 is 2.27 bits per heavy atom. The number of carboxylic acid groups (broad SMARTS) is 1. The summed E-state index contributed by atoms with van der Waals surface area (Å²) in [6.07, 6.45) is 0. The summed E-state index contributed by atoms with van der Waals surface area (Å²) in [5.74, 6) is -0.210. The Morgan fingerprint density at radius 3 is 2.60 bits per heavy atom. The fourth-order valence-corrected chi connectivity index (χ4v) is 2.56. The zero-order chi connectivity index (χ0) is 11.5. The van der Waals surface area contributed by atoms with E-state index in [2.05, 4.69) is 5.32 Å². The molecule has 0 amide bonds. The predicted molar refractivity (Wildman–Crippen MR) is 61.4 cm³/mol. The molecule has 0 bridgehead atoms. The van der Waals surface area contributed by atoms with Crippen molar-refractivity contribution in [3.8, 4) is 0 Å². The topological polar surface area (TPSA) is 58.6 Å². The minimum atomic E-state index is -0.839. The lowest BCUT2D eigenvalue weighted by Crippen LogP contribution is -2.55. The second kappa shape index (κ2) is 5.18. The number of hydrogen-bond donors (Lipinski definition) is 2. The molecule has 0 aromatic heterocycles. The average molecular weight is 233 g/mol. The average Bonchev–Trinajstić information content (AvgIpc) is 1.99. The van der Waals surface area contributed by atoms with Gasteiger partial charge in [-0.05, 0) is 20.8 Å². The highest BCUT2D eigenvalue weighted by molar-refractivity contribution is 8.00. The van der Waals surface area contributed by atoms with Crippen molar-refractivity contribution in [2.45, 2.75) is 37.6 Å². The van der Waals surface area contributed by atoms with E-state index in [0.717, 1.165) is 13.2 Å². The number of carboxylic acids is 1. The first-order valence-electron chi connectivity index (χ1n) is 5.14. The van der Waals surface area contributed by atoms with E-state index in [-0.39, 0.29) is 6.04 Å². The van der Waals surface area contributed by atoms with E-state index in [1.165, 1.54) is 0 Å². The minimum absolute atomic E-state index is 0.171. The number of nitrogens with one attached hydrogen (secondary N) is 1. The van der Waals surface area contributed by atoms with Crippen molar-refractivity contribution in [1.29, 1.82) is 0 Å². The highest BCUT2D eigenvalue weighted by atomic mass is 32.2. The molecule has 1 unspecified atom stereocenters. The number of carbonyl (C=O) groups is 1. The molecule has 1 rings (SSSR count). The third-order valence-corrected chi connectivity index (χ3v) is 3.78. The Bertz CT molecular complexity index is 231.